The summed E-state index contributed by atoms with van der Waals surface area (Å²) >= 11 is 6.35. The molecule has 1 saturated heterocycles. The molecule has 0 bridgehead atoms. The Labute approximate surface area is 210 Å². The summed E-state index contributed by atoms with van der Waals surface area (Å²) in [6.45, 7) is 9.13. The molecule has 1 fully saturated rings. The van der Waals surface area contributed by atoms with Crippen molar-refractivity contribution in [2.45, 2.75) is 71.3 Å². The Bertz CT molecular complexity index is 786. The van der Waals surface area contributed by atoms with Gasteiger partial charge in [-0.05, 0) is 69.5 Å². The molecule has 0 radical (unpaired) electrons. The Morgan fingerprint density at radius 1 is 1.35 bits per heavy atom. The summed E-state index contributed by atoms with van der Waals surface area (Å²) in [5.74, 6) is -0.363. The smallest absolute Gasteiger partial charge is 0.222 e. The van der Waals surface area contributed by atoms with Gasteiger partial charge in [0.25, 0.3) is 0 Å². The van der Waals surface area contributed by atoms with Gasteiger partial charge in [0.05, 0.1) is 10.6 Å². The van der Waals surface area contributed by atoms with Crippen molar-refractivity contribution in [2.75, 3.05) is 40.4 Å². The Morgan fingerprint density at radius 2 is 2.09 bits per heavy atom. The number of amides is 1. The molecule has 1 aliphatic heterocycles. The predicted molar refractivity (Wildman–Crippen MR) is 136 cm³/mol. The molecule has 34 heavy (non-hydrogen) atoms. The molecule has 1 aromatic rings. The first-order chi connectivity index (χ1) is 16.0. The van der Waals surface area contributed by atoms with E-state index in [1.165, 1.54) is 6.07 Å². The number of halogens is 2. The third-order valence-corrected chi connectivity index (χ3v) is 7.27. The number of nitrogens with zero attached hydrogens (tertiary/aromatic N) is 1. The highest BCUT2D eigenvalue weighted by Gasteiger charge is 2.42. The average molecular weight is 499 g/mol. The number of ether oxygens (including phenoxy) is 1. The first kappa shape index (κ1) is 29.0. The molecular formula is C27H44ClFN2O3. The van der Waals surface area contributed by atoms with Crippen molar-refractivity contribution in [3.8, 4) is 0 Å². The first-order valence-corrected chi connectivity index (χ1v) is 13.0. The fraction of sp³-hybridized carbons (Fsp3) is 0.741. The summed E-state index contributed by atoms with van der Waals surface area (Å²) in [6, 6.07) is 4.62. The van der Waals surface area contributed by atoms with E-state index in [0.29, 0.717) is 38.1 Å². The quantitative estimate of drug-likeness (QED) is 0.379. The molecule has 7 heteroatoms. The summed E-state index contributed by atoms with van der Waals surface area (Å²) in [7, 11) is 3.57. The van der Waals surface area contributed by atoms with Crippen molar-refractivity contribution in [3.05, 3.63) is 34.6 Å². The number of hydrogen-bond donors (Lipinski definition) is 2. The lowest BCUT2D eigenvalue weighted by Gasteiger charge is -2.43. The van der Waals surface area contributed by atoms with Gasteiger partial charge in [-0.15, -0.1) is 0 Å². The topological polar surface area (TPSA) is 61.8 Å². The molecule has 2 rings (SSSR count). The number of rotatable bonds is 12. The number of unbranched alkanes of at least 4 members (excludes halogenated alkanes) is 1. The molecule has 1 heterocycles. The molecule has 1 aliphatic rings. The highest BCUT2D eigenvalue weighted by molar-refractivity contribution is 6.31. The van der Waals surface area contributed by atoms with Crippen molar-refractivity contribution in [3.63, 3.8) is 0 Å². The molecule has 5 nitrogen and oxygen atoms in total. The van der Waals surface area contributed by atoms with Crippen LogP contribution in [0.2, 0.25) is 5.02 Å². The van der Waals surface area contributed by atoms with E-state index in [1.807, 2.05) is 11.9 Å². The van der Waals surface area contributed by atoms with Gasteiger partial charge in [-0.25, -0.2) is 4.39 Å². The fourth-order valence-electron chi connectivity index (χ4n) is 5.38. The molecular weight excluding hydrogens is 455 g/mol. The first-order valence-electron chi connectivity index (χ1n) is 12.6. The molecule has 0 saturated carbocycles. The minimum atomic E-state index is -1.30. The summed E-state index contributed by atoms with van der Waals surface area (Å²) < 4.78 is 19.5. The van der Waals surface area contributed by atoms with Gasteiger partial charge in [0.15, 0.2) is 0 Å². The third-order valence-electron chi connectivity index (χ3n) is 6.88. The lowest BCUT2D eigenvalue weighted by Crippen LogP contribution is -2.49. The summed E-state index contributed by atoms with van der Waals surface area (Å²) in [4.78, 5) is 15.2. The van der Waals surface area contributed by atoms with Crippen LogP contribution in [-0.2, 0) is 15.1 Å². The monoisotopic (exact) mass is 498 g/mol. The number of likely N-dealkylation sites (tertiary alicyclic amines) is 1. The number of carbonyl (C=O) groups excluding carboxylic acids is 1. The lowest BCUT2D eigenvalue weighted by atomic mass is 9.74. The number of carbonyl (C=O) groups is 1. The van der Waals surface area contributed by atoms with Gasteiger partial charge < -0.3 is 20.1 Å². The van der Waals surface area contributed by atoms with Gasteiger partial charge in [-0.1, -0.05) is 44.5 Å². The maximum atomic E-state index is 14.3. The molecule has 0 unspecified atom stereocenters. The zero-order chi connectivity index (χ0) is 25.4. The van der Waals surface area contributed by atoms with Crippen molar-refractivity contribution < 1.29 is 19.0 Å². The molecule has 1 aromatic carbocycles. The molecule has 0 spiro atoms. The van der Waals surface area contributed by atoms with E-state index in [9.17, 15) is 14.3 Å². The maximum absolute atomic E-state index is 14.3. The van der Waals surface area contributed by atoms with Crippen molar-refractivity contribution >= 4 is 17.5 Å². The average Bonchev–Trinajstić information content (AvgIpc) is 2.77. The van der Waals surface area contributed by atoms with E-state index in [0.717, 1.165) is 38.6 Å². The van der Waals surface area contributed by atoms with Crippen LogP contribution in [-0.4, -0.2) is 56.3 Å². The normalized spacial score (nSPS) is 19.6. The number of piperidine rings is 1. The van der Waals surface area contributed by atoms with Gasteiger partial charge in [0, 0.05) is 44.7 Å². The number of hydrogen-bond acceptors (Lipinski definition) is 4. The predicted octanol–water partition coefficient (Wildman–Crippen LogP) is 5.38. The van der Waals surface area contributed by atoms with Gasteiger partial charge in [-0.3, -0.25) is 4.79 Å². The summed E-state index contributed by atoms with van der Waals surface area (Å²) in [5.41, 5.74) is -0.739. The number of nitrogens with one attached hydrogen (secondary N) is 1. The van der Waals surface area contributed by atoms with E-state index in [4.69, 9.17) is 16.3 Å². The van der Waals surface area contributed by atoms with Crippen LogP contribution in [0.1, 0.15) is 71.3 Å². The van der Waals surface area contributed by atoms with Gasteiger partial charge in [0.2, 0.25) is 5.91 Å². The maximum Gasteiger partial charge on any atom is 0.222 e. The van der Waals surface area contributed by atoms with Crippen molar-refractivity contribution in [1.29, 1.82) is 0 Å². The molecule has 0 aliphatic carbocycles. The van der Waals surface area contributed by atoms with E-state index in [1.54, 1.807) is 19.2 Å². The van der Waals surface area contributed by atoms with Crippen LogP contribution in [0.15, 0.2) is 18.2 Å². The second kappa shape index (κ2) is 13.2. The molecule has 0 aromatic heterocycles. The van der Waals surface area contributed by atoms with Crippen LogP contribution in [0, 0.1) is 23.1 Å². The van der Waals surface area contributed by atoms with E-state index < -0.39 is 11.4 Å². The fourth-order valence-corrected chi connectivity index (χ4v) is 5.67. The Kier molecular flexibility index (Phi) is 11.3. The number of benzene rings is 1. The summed E-state index contributed by atoms with van der Waals surface area (Å²) in [6.07, 6.45) is 4.96. The van der Waals surface area contributed by atoms with Gasteiger partial charge in [-0.2, -0.15) is 0 Å². The number of methoxy groups -OCH3 is 1. The lowest BCUT2D eigenvalue weighted by molar-refractivity contribution is -0.138. The Balaban J connectivity index is 2.22. The van der Waals surface area contributed by atoms with Crippen LogP contribution in [0.25, 0.3) is 0 Å². The SMILES string of the molecule is CNC[C@@H](CC(=O)N1CCC[C@@H]([C@@](O)(CCCCOC)c2cccc(F)c2Cl)C1)CC(C)(C)C. The minimum absolute atomic E-state index is 0.0283. The second-order valence-corrected chi connectivity index (χ2v) is 11.4. The van der Waals surface area contributed by atoms with E-state index >= 15 is 0 Å². The van der Waals surface area contributed by atoms with Crippen LogP contribution in [0.3, 0.4) is 0 Å². The standard InChI is InChI=1S/C27H44ClFN2O3/c1-26(2,3)17-20(18-30-4)16-24(32)31-14-9-10-21(19-31)27(33,13-6-7-15-34-5)22-11-8-12-23(29)25(22)28/h8,11-12,20-21,30,33H,6-7,9-10,13-19H2,1-5H3/t20-,21+,27-/m0/s1. The largest absolute Gasteiger partial charge is 0.385 e. The van der Waals surface area contributed by atoms with Crippen molar-refractivity contribution in [1.82, 2.24) is 10.2 Å². The van der Waals surface area contributed by atoms with Gasteiger partial charge >= 0.3 is 0 Å². The van der Waals surface area contributed by atoms with Gasteiger partial charge in [0.1, 0.15) is 5.82 Å². The van der Waals surface area contributed by atoms with Crippen LogP contribution in [0.4, 0.5) is 4.39 Å². The zero-order valence-corrected chi connectivity index (χ0v) is 22.4. The number of aliphatic hydroxyl groups is 1. The molecule has 3 atom stereocenters. The third kappa shape index (κ3) is 8.18. The highest BCUT2D eigenvalue weighted by Crippen LogP contribution is 2.43. The summed E-state index contributed by atoms with van der Waals surface area (Å²) in [5, 5.41) is 15.2. The van der Waals surface area contributed by atoms with Crippen LogP contribution in [0.5, 0.6) is 0 Å². The van der Waals surface area contributed by atoms with Crippen LogP contribution < -0.4 is 5.32 Å². The highest BCUT2D eigenvalue weighted by atomic mass is 35.5. The molecule has 1 amide bonds. The van der Waals surface area contributed by atoms with Crippen molar-refractivity contribution in [2.24, 2.45) is 17.3 Å². The molecule has 2 N–H and O–H groups in total. The Hall–Kier alpha value is -1.21. The van der Waals surface area contributed by atoms with E-state index in [-0.39, 0.29) is 28.2 Å². The zero-order valence-electron chi connectivity index (χ0n) is 21.6. The second-order valence-electron chi connectivity index (χ2n) is 11.0. The van der Waals surface area contributed by atoms with Crippen LogP contribution >= 0.6 is 11.6 Å². The molecule has 194 valence electrons. The van der Waals surface area contributed by atoms with E-state index in [2.05, 4.69) is 26.1 Å². The minimum Gasteiger partial charge on any atom is -0.385 e. The Morgan fingerprint density at radius 3 is 2.74 bits per heavy atom.